The van der Waals surface area contributed by atoms with E-state index >= 15 is 0 Å². The van der Waals surface area contributed by atoms with Crippen molar-refractivity contribution in [3.8, 4) is 5.75 Å². The van der Waals surface area contributed by atoms with Gasteiger partial charge in [-0.1, -0.05) is 37.5 Å². The predicted molar refractivity (Wildman–Crippen MR) is 87.2 cm³/mol. The van der Waals surface area contributed by atoms with Gasteiger partial charge in [0.25, 0.3) is 0 Å². The van der Waals surface area contributed by atoms with Crippen molar-refractivity contribution in [2.45, 2.75) is 44.6 Å². The van der Waals surface area contributed by atoms with Crippen molar-refractivity contribution >= 4 is 11.9 Å². The molecule has 23 heavy (non-hydrogen) atoms. The molecule has 1 atom stereocenters. The second-order valence-corrected chi connectivity index (χ2v) is 5.94. The summed E-state index contributed by atoms with van der Waals surface area (Å²) in [5.74, 6) is 0.233. The molecule has 0 unspecified atom stereocenters. The van der Waals surface area contributed by atoms with E-state index in [0.717, 1.165) is 31.2 Å². The standard InChI is InChI=1S/C18H25NO4/c1-22-16-11-7-6-10-14(16)12-15(18(21)23-2)19-17(20)13-8-4-3-5-9-13/h6-7,10-11,13,15H,3-5,8-9,12H2,1-2H3,(H,19,20)/t15-/m0/s1. The lowest BCUT2D eigenvalue weighted by molar-refractivity contribution is -0.145. The zero-order chi connectivity index (χ0) is 16.7. The van der Waals surface area contributed by atoms with Crippen LogP contribution in [0.1, 0.15) is 37.7 Å². The van der Waals surface area contributed by atoms with Crippen LogP contribution in [-0.2, 0) is 20.7 Å². The molecule has 0 aliphatic heterocycles. The third-order valence-corrected chi connectivity index (χ3v) is 4.39. The summed E-state index contributed by atoms with van der Waals surface area (Å²) in [5.41, 5.74) is 0.870. The summed E-state index contributed by atoms with van der Waals surface area (Å²) in [6.07, 6.45) is 5.49. The molecule has 0 saturated heterocycles. The molecule has 126 valence electrons. The van der Waals surface area contributed by atoms with Gasteiger partial charge in [-0.2, -0.15) is 0 Å². The van der Waals surface area contributed by atoms with Gasteiger partial charge in [0.15, 0.2) is 0 Å². The van der Waals surface area contributed by atoms with Crippen molar-refractivity contribution in [3.05, 3.63) is 29.8 Å². The van der Waals surface area contributed by atoms with E-state index in [4.69, 9.17) is 9.47 Å². The van der Waals surface area contributed by atoms with E-state index in [1.807, 2.05) is 24.3 Å². The molecule has 1 N–H and O–H groups in total. The summed E-state index contributed by atoms with van der Waals surface area (Å²) in [4.78, 5) is 24.5. The number of hydrogen-bond donors (Lipinski definition) is 1. The van der Waals surface area contributed by atoms with Crippen molar-refractivity contribution in [1.29, 1.82) is 0 Å². The average Bonchev–Trinajstić information content (AvgIpc) is 2.61. The molecular weight excluding hydrogens is 294 g/mol. The van der Waals surface area contributed by atoms with Gasteiger partial charge in [0.05, 0.1) is 14.2 Å². The minimum Gasteiger partial charge on any atom is -0.496 e. The van der Waals surface area contributed by atoms with Gasteiger partial charge < -0.3 is 14.8 Å². The molecule has 1 aromatic carbocycles. The Morgan fingerprint density at radius 3 is 2.52 bits per heavy atom. The summed E-state index contributed by atoms with van der Waals surface area (Å²) in [7, 11) is 2.93. The van der Waals surface area contributed by atoms with Gasteiger partial charge in [-0.3, -0.25) is 4.79 Å². The molecular formula is C18H25NO4. The molecule has 1 aliphatic carbocycles. The second kappa shape index (κ2) is 8.56. The number of hydrogen-bond acceptors (Lipinski definition) is 4. The Morgan fingerprint density at radius 2 is 1.87 bits per heavy atom. The fraction of sp³-hybridized carbons (Fsp3) is 0.556. The van der Waals surface area contributed by atoms with Gasteiger partial charge >= 0.3 is 5.97 Å². The summed E-state index contributed by atoms with van der Waals surface area (Å²) in [6.45, 7) is 0. The van der Waals surface area contributed by atoms with Gasteiger partial charge in [0.1, 0.15) is 11.8 Å². The number of ether oxygens (including phenoxy) is 2. The number of amides is 1. The highest BCUT2D eigenvalue weighted by molar-refractivity contribution is 5.86. The van der Waals surface area contributed by atoms with E-state index in [2.05, 4.69) is 5.32 Å². The molecule has 2 rings (SSSR count). The molecule has 5 nitrogen and oxygen atoms in total. The summed E-state index contributed by atoms with van der Waals surface area (Å²) < 4.78 is 10.2. The van der Waals surface area contributed by atoms with Crippen molar-refractivity contribution in [2.24, 2.45) is 5.92 Å². The third kappa shape index (κ3) is 4.71. The average molecular weight is 319 g/mol. The molecule has 0 heterocycles. The van der Waals surface area contributed by atoms with Crippen LogP contribution < -0.4 is 10.1 Å². The Kier molecular flexibility index (Phi) is 6.44. The van der Waals surface area contributed by atoms with E-state index in [9.17, 15) is 9.59 Å². The molecule has 1 aromatic rings. The molecule has 1 saturated carbocycles. The molecule has 5 heteroatoms. The van der Waals surface area contributed by atoms with E-state index in [1.54, 1.807) is 7.11 Å². The molecule has 1 amide bonds. The van der Waals surface area contributed by atoms with Gasteiger partial charge in [-0.25, -0.2) is 4.79 Å². The largest absolute Gasteiger partial charge is 0.496 e. The Hall–Kier alpha value is -2.04. The summed E-state index contributed by atoms with van der Waals surface area (Å²) in [6, 6.07) is 6.80. The van der Waals surface area contributed by atoms with E-state index < -0.39 is 12.0 Å². The van der Waals surface area contributed by atoms with E-state index in [-0.39, 0.29) is 11.8 Å². The highest BCUT2D eigenvalue weighted by Crippen LogP contribution is 2.24. The van der Waals surface area contributed by atoms with Crippen molar-refractivity contribution in [2.75, 3.05) is 14.2 Å². The van der Waals surface area contributed by atoms with Crippen LogP contribution in [0.3, 0.4) is 0 Å². The highest BCUT2D eigenvalue weighted by atomic mass is 16.5. The SMILES string of the molecule is COC(=O)[C@H](Cc1ccccc1OC)NC(=O)C1CCCCC1. The first-order valence-electron chi connectivity index (χ1n) is 8.15. The molecule has 0 bridgehead atoms. The van der Waals surface area contributed by atoms with Crippen molar-refractivity contribution in [1.82, 2.24) is 5.32 Å². The van der Waals surface area contributed by atoms with Crippen LogP contribution in [0, 0.1) is 5.92 Å². The lowest BCUT2D eigenvalue weighted by atomic mass is 9.88. The maximum atomic E-state index is 12.4. The lowest BCUT2D eigenvalue weighted by Gasteiger charge is -2.24. The Bertz CT molecular complexity index is 538. The zero-order valence-electron chi connectivity index (χ0n) is 13.8. The highest BCUT2D eigenvalue weighted by Gasteiger charge is 2.28. The molecule has 1 fully saturated rings. The van der Waals surface area contributed by atoms with Crippen LogP contribution in [-0.4, -0.2) is 32.1 Å². The molecule has 0 spiro atoms. The normalized spacial score (nSPS) is 16.4. The third-order valence-electron chi connectivity index (χ3n) is 4.39. The minimum atomic E-state index is -0.689. The number of methoxy groups -OCH3 is 2. The Balaban J connectivity index is 2.07. The monoisotopic (exact) mass is 319 g/mol. The maximum absolute atomic E-state index is 12.4. The number of benzene rings is 1. The maximum Gasteiger partial charge on any atom is 0.328 e. The summed E-state index contributed by atoms with van der Waals surface area (Å²) in [5, 5.41) is 2.87. The fourth-order valence-corrected chi connectivity index (χ4v) is 3.08. The number of carbonyl (C=O) groups excluding carboxylic acids is 2. The molecule has 0 aromatic heterocycles. The smallest absolute Gasteiger partial charge is 0.328 e. The van der Waals surface area contributed by atoms with Gasteiger partial charge in [-0.05, 0) is 24.5 Å². The predicted octanol–water partition coefficient (Wildman–Crippen LogP) is 2.48. The minimum absolute atomic E-state index is 0.00794. The quantitative estimate of drug-likeness (QED) is 0.818. The Morgan fingerprint density at radius 1 is 1.17 bits per heavy atom. The zero-order valence-corrected chi connectivity index (χ0v) is 13.8. The first-order chi connectivity index (χ1) is 11.2. The van der Waals surface area contributed by atoms with Crippen LogP contribution in [0.2, 0.25) is 0 Å². The number of carbonyl (C=O) groups is 2. The van der Waals surface area contributed by atoms with Gasteiger partial charge in [0.2, 0.25) is 5.91 Å². The Labute approximate surface area is 137 Å². The van der Waals surface area contributed by atoms with Gasteiger partial charge in [-0.15, -0.1) is 0 Å². The lowest BCUT2D eigenvalue weighted by Crippen LogP contribution is -2.45. The molecule has 1 aliphatic rings. The van der Waals surface area contributed by atoms with Gasteiger partial charge in [0, 0.05) is 12.3 Å². The topological polar surface area (TPSA) is 64.6 Å². The van der Waals surface area contributed by atoms with Crippen LogP contribution in [0.4, 0.5) is 0 Å². The van der Waals surface area contributed by atoms with Crippen molar-refractivity contribution < 1.29 is 19.1 Å². The van der Waals surface area contributed by atoms with Crippen LogP contribution >= 0.6 is 0 Å². The van der Waals surface area contributed by atoms with Crippen LogP contribution in [0.5, 0.6) is 5.75 Å². The molecule has 0 radical (unpaired) electrons. The number of para-hydroxylation sites is 1. The summed E-state index contributed by atoms with van der Waals surface area (Å²) >= 11 is 0. The van der Waals surface area contributed by atoms with E-state index in [1.165, 1.54) is 13.5 Å². The fourth-order valence-electron chi connectivity index (χ4n) is 3.08. The van der Waals surface area contributed by atoms with E-state index in [0.29, 0.717) is 12.2 Å². The van der Waals surface area contributed by atoms with Crippen LogP contribution in [0.25, 0.3) is 0 Å². The van der Waals surface area contributed by atoms with Crippen molar-refractivity contribution in [3.63, 3.8) is 0 Å². The number of rotatable bonds is 6. The number of esters is 1. The van der Waals surface area contributed by atoms with Crippen LogP contribution in [0.15, 0.2) is 24.3 Å². The number of nitrogens with one attached hydrogen (secondary N) is 1. The second-order valence-electron chi connectivity index (χ2n) is 5.94. The first kappa shape index (κ1) is 17.3. The first-order valence-corrected chi connectivity index (χ1v) is 8.15.